The maximum absolute atomic E-state index is 13.0. The number of esters is 1. The van der Waals surface area contributed by atoms with E-state index in [1.54, 1.807) is 24.3 Å². The molecule has 118 valence electrons. The fraction of sp³-hybridized carbons (Fsp3) is 0.214. The third-order valence-electron chi connectivity index (χ3n) is 2.99. The molecule has 0 amide bonds. The number of benzene rings is 2. The SMILES string of the molecule is O=C(Cc1cccc2ccccc12)OCC(F)(F)S(=O)(=O)O. The van der Waals surface area contributed by atoms with Crippen LogP contribution in [0.3, 0.4) is 0 Å². The molecular formula is C14H12F2O5S. The second-order valence-electron chi connectivity index (χ2n) is 4.59. The van der Waals surface area contributed by atoms with Crippen LogP contribution in [0.15, 0.2) is 42.5 Å². The van der Waals surface area contributed by atoms with Gasteiger partial charge in [0.15, 0.2) is 6.61 Å². The fourth-order valence-electron chi connectivity index (χ4n) is 1.89. The molecule has 0 heterocycles. The Hall–Kier alpha value is -2.06. The zero-order valence-electron chi connectivity index (χ0n) is 11.2. The van der Waals surface area contributed by atoms with Crippen molar-refractivity contribution < 1.29 is 31.3 Å². The minimum absolute atomic E-state index is 0.289. The summed E-state index contributed by atoms with van der Waals surface area (Å²) in [6.07, 6.45) is -0.289. The summed E-state index contributed by atoms with van der Waals surface area (Å²) in [5.41, 5.74) is 0.568. The normalized spacial score (nSPS) is 12.3. The van der Waals surface area contributed by atoms with Crippen LogP contribution in [0.4, 0.5) is 8.78 Å². The summed E-state index contributed by atoms with van der Waals surface area (Å²) in [6.45, 7) is -1.73. The molecule has 0 aromatic heterocycles. The van der Waals surface area contributed by atoms with E-state index >= 15 is 0 Å². The number of alkyl halides is 2. The number of hydrogen-bond donors (Lipinski definition) is 1. The van der Waals surface area contributed by atoms with Crippen LogP contribution in [0.25, 0.3) is 10.8 Å². The summed E-state index contributed by atoms with van der Waals surface area (Å²) in [5.74, 6) is -1.01. The van der Waals surface area contributed by atoms with Gasteiger partial charge in [-0.1, -0.05) is 42.5 Å². The maximum Gasteiger partial charge on any atom is 0.402 e. The maximum atomic E-state index is 13.0. The molecule has 0 bridgehead atoms. The van der Waals surface area contributed by atoms with Crippen molar-refractivity contribution in [1.82, 2.24) is 0 Å². The fourth-order valence-corrected chi connectivity index (χ4v) is 2.10. The molecular weight excluding hydrogens is 318 g/mol. The molecule has 0 saturated carbocycles. The van der Waals surface area contributed by atoms with Gasteiger partial charge in [0.05, 0.1) is 6.42 Å². The highest BCUT2D eigenvalue weighted by Gasteiger charge is 2.45. The van der Waals surface area contributed by atoms with Crippen LogP contribution >= 0.6 is 0 Å². The molecule has 0 fully saturated rings. The second kappa shape index (κ2) is 5.98. The molecule has 0 saturated heterocycles. The minimum atomic E-state index is -5.62. The van der Waals surface area contributed by atoms with E-state index in [0.29, 0.717) is 5.56 Å². The summed E-state index contributed by atoms with van der Waals surface area (Å²) in [4.78, 5) is 11.6. The number of hydrogen-bond acceptors (Lipinski definition) is 4. The van der Waals surface area contributed by atoms with E-state index in [4.69, 9.17) is 4.55 Å². The van der Waals surface area contributed by atoms with E-state index in [0.717, 1.165) is 10.8 Å². The number of rotatable bonds is 5. The van der Waals surface area contributed by atoms with Gasteiger partial charge in [-0.2, -0.15) is 17.2 Å². The average molecular weight is 330 g/mol. The van der Waals surface area contributed by atoms with E-state index in [-0.39, 0.29) is 6.42 Å². The Labute approximate surface area is 125 Å². The Kier molecular flexibility index (Phi) is 4.43. The topological polar surface area (TPSA) is 80.7 Å². The first-order valence-corrected chi connectivity index (χ1v) is 7.62. The van der Waals surface area contributed by atoms with Crippen LogP contribution in [0.5, 0.6) is 0 Å². The molecule has 2 rings (SSSR count). The molecule has 2 aromatic carbocycles. The first-order valence-electron chi connectivity index (χ1n) is 6.18. The van der Waals surface area contributed by atoms with E-state index in [9.17, 15) is 22.0 Å². The van der Waals surface area contributed by atoms with Crippen LogP contribution in [-0.2, 0) is 26.1 Å². The van der Waals surface area contributed by atoms with Gasteiger partial charge in [-0.15, -0.1) is 0 Å². The largest absolute Gasteiger partial charge is 0.458 e. The first kappa shape index (κ1) is 16.3. The van der Waals surface area contributed by atoms with Gasteiger partial charge in [0, 0.05) is 0 Å². The number of fused-ring (bicyclic) bond motifs is 1. The van der Waals surface area contributed by atoms with Gasteiger partial charge in [-0.3, -0.25) is 9.35 Å². The molecule has 5 nitrogen and oxygen atoms in total. The van der Waals surface area contributed by atoms with Crippen LogP contribution in [0.2, 0.25) is 0 Å². The van der Waals surface area contributed by atoms with Gasteiger partial charge in [0.2, 0.25) is 0 Å². The predicted molar refractivity (Wildman–Crippen MR) is 75.1 cm³/mol. The lowest BCUT2D eigenvalue weighted by molar-refractivity contribution is -0.148. The summed E-state index contributed by atoms with van der Waals surface area (Å²) < 4.78 is 59.3. The zero-order valence-corrected chi connectivity index (χ0v) is 12.0. The van der Waals surface area contributed by atoms with Crippen molar-refractivity contribution >= 4 is 26.9 Å². The molecule has 0 atom stereocenters. The molecule has 0 radical (unpaired) electrons. The molecule has 8 heteroatoms. The van der Waals surface area contributed by atoms with Gasteiger partial charge < -0.3 is 4.74 Å². The Morgan fingerprint density at radius 3 is 2.45 bits per heavy atom. The molecule has 0 aliphatic rings. The molecule has 0 spiro atoms. The van der Waals surface area contributed by atoms with Crippen molar-refractivity contribution in [3.63, 3.8) is 0 Å². The quantitative estimate of drug-likeness (QED) is 0.672. The van der Waals surface area contributed by atoms with E-state index in [1.165, 1.54) is 0 Å². The van der Waals surface area contributed by atoms with Crippen molar-refractivity contribution in [2.75, 3.05) is 6.61 Å². The van der Waals surface area contributed by atoms with Gasteiger partial charge in [0.25, 0.3) is 0 Å². The molecule has 0 unspecified atom stereocenters. The number of carbonyl (C=O) groups is 1. The smallest absolute Gasteiger partial charge is 0.402 e. The van der Waals surface area contributed by atoms with E-state index in [1.807, 2.05) is 18.2 Å². The first-order chi connectivity index (χ1) is 10.2. The van der Waals surface area contributed by atoms with Gasteiger partial charge in [-0.05, 0) is 16.3 Å². The van der Waals surface area contributed by atoms with Gasteiger partial charge >= 0.3 is 21.3 Å². The van der Waals surface area contributed by atoms with Crippen LogP contribution in [-0.4, -0.2) is 30.8 Å². The summed E-state index contributed by atoms with van der Waals surface area (Å²) >= 11 is 0. The minimum Gasteiger partial charge on any atom is -0.458 e. The third kappa shape index (κ3) is 3.58. The highest BCUT2D eigenvalue weighted by molar-refractivity contribution is 7.86. The lowest BCUT2D eigenvalue weighted by Gasteiger charge is -2.13. The average Bonchev–Trinajstić information content (AvgIpc) is 2.44. The number of halogens is 2. The van der Waals surface area contributed by atoms with Crippen LogP contribution in [0, 0.1) is 0 Å². The Balaban J connectivity index is 2.09. The van der Waals surface area contributed by atoms with E-state index in [2.05, 4.69) is 4.74 Å². The van der Waals surface area contributed by atoms with Crippen LogP contribution < -0.4 is 0 Å². The summed E-state index contributed by atoms with van der Waals surface area (Å²) in [5, 5.41) is -2.89. The molecule has 1 N–H and O–H groups in total. The monoisotopic (exact) mass is 330 g/mol. The van der Waals surface area contributed by atoms with Gasteiger partial charge in [-0.25, -0.2) is 0 Å². The lowest BCUT2D eigenvalue weighted by atomic mass is 10.0. The van der Waals surface area contributed by atoms with Gasteiger partial charge in [0.1, 0.15) is 0 Å². The zero-order chi connectivity index (χ0) is 16.4. The molecule has 0 aliphatic heterocycles. The van der Waals surface area contributed by atoms with Crippen molar-refractivity contribution in [1.29, 1.82) is 0 Å². The molecule has 0 aliphatic carbocycles. The Morgan fingerprint density at radius 1 is 1.14 bits per heavy atom. The summed E-state index contributed by atoms with van der Waals surface area (Å²) in [6, 6.07) is 12.4. The third-order valence-corrected chi connectivity index (χ3v) is 3.87. The Bertz CT molecular complexity index is 796. The second-order valence-corrected chi connectivity index (χ2v) is 6.14. The predicted octanol–water partition coefficient (Wildman–Crippen LogP) is 2.41. The van der Waals surface area contributed by atoms with Crippen molar-refractivity contribution in [2.24, 2.45) is 0 Å². The van der Waals surface area contributed by atoms with Crippen LogP contribution in [0.1, 0.15) is 5.56 Å². The highest BCUT2D eigenvalue weighted by Crippen LogP contribution is 2.22. The van der Waals surface area contributed by atoms with Crippen molar-refractivity contribution in [3.05, 3.63) is 48.0 Å². The standard InChI is InChI=1S/C14H12F2O5S/c15-14(16,22(18,19)20)9-21-13(17)8-11-6-3-5-10-4-1-2-7-12(10)11/h1-7H,8-9H2,(H,18,19,20). The lowest BCUT2D eigenvalue weighted by Crippen LogP contribution is -2.34. The summed E-state index contributed by atoms with van der Waals surface area (Å²) in [7, 11) is -5.62. The van der Waals surface area contributed by atoms with E-state index < -0.39 is 27.9 Å². The Morgan fingerprint density at radius 2 is 1.77 bits per heavy atom. The number of carbonyl (C=O) groups excluding carboxylic acids is 1. The number of ether oxygens (including phenoxy) is 1. The molecule has 2 aromatic rings. The molecule has 22 heavy (non-hydrogen) atoms. The highest BCUT2D eigenvalue weighted by atomic mass is 32.2. The van der Waals surface area contributed by atoms with Crippen molar-refractivity contribution in [2.45, 2.75) is 11.7 Å². The van der Waals surface area contributed by atoms with Crippen molar-refractivity contribution in [3.8, 4) is 0 Å².